The van der Waals surface area contributed by atoms with Gasteiger partial charge < -0.3 is 24.2 Å². The number of carboxylic acid groups (broad SMARTS) is 1. The molecular weight excluding hydrogens is 658 g/mol. The number of pyridine rings is 1. The van der Waals surface area contributed by atoms with Crippen LogP contribution in [-0.4, -0.2) is 83.5 Å². The molecule has 0 saturated carbocycles. The summed E-state index contributed by atoms with van der Waals surface area (Å²) >= 11 is 7.32. The third kappa shape index (κ3) is 6.55. The number of rotatable bonds is 4. The second-order valence-corrected chi connectivity index (χ2v) is 13.1. The van der Waals surface area contributed by atoms with Crippen LogP contribution in [0.4, 0.5) is 14.6 Å². The first-order valence-electron chi connectivity index (χ1n) is 16.3. The van der Waals surface area contributed by atoms with Crippen LogP contribution in [0.2, 0.25) is 5.15 Å². The Kier molecular flexibility index (Phi) is 9.18. The summed E-state index contributed by atoms with van der Waals surface area (Å²) in [4.78, 5) is 19.7. The van der Waals surface area contributed by atoms with Crippen LogP contribution >= 0.6 is 11.6 Å². The Hall–Kier alpha value is -4.30. The van der Waals surface area contributed by atoms with Gasteiger partial charge in [-0.2, -0.15) is 5.10 Å². The van der Waals surface area contributed by atoms with Gasteiger partial charge in [-0.1, -0.05) is 29.8 Å². The van der Waals surface area contributed by atoms with E-state index in [1.165, 1.54) is 0 Å². The average molecular weight is 695 g/mol. The van der Waals surface area contributed by atoms with Crippen LogP contribution in [0.5, 0.6) is 5.75 Å². The number of hydrogen-bond acceptors (Lipinski definition) is 9. The minimum absolute atomic E-state index is 0.127. The topological polar surface area (TPSA) is 113 Å². The molecule has 8 rings (SSSR count). The number of anilines is 1. The lowest BCUT2D eigenvalue weighted by Gasteiger charge is -2.41. The first-order chi connectivity index (χ1) is 23.6. The number of ether oxygens (including phenoxy) is 3. The zero-order chi connectivity index (χ0) is 34.3. The third-order valence-electron chi connectivity index (χ3n) is 9.45. The van der Waals surface area contributed by atoms with Crippen LogP contribution in [0, 0.1) is 18.6 Å². The molecular formula is C35H37ClF2N6O5. The molecule has 11 nitrogen and oxygen atoms in total. The van der Waals surface area contributed by atoms with Gasteiger partial charge in [0, 0.05) is 47.6 Å². The summed E-state index contributed by atoms with van der Waals surface area (Å²) in [5.74, 6) is -2.15. The number of carbonyl (C=O) groups is 1. The number of fused-ring (bicyclic) bond motifs is 8. The predicted molar refractivity (Wildman–Crippen MR) is 181 cm³/mol. The standard InChI is InChI=1S/C35H37ClF2N6O5/c1-21-24(18-30(45)46)34-42-10-6-35(2,7-11-42)49-15-13-47-12-14-48-29-19-28(38)27(37)17-25(29)22-4-3-5-23(16-22)31-32(36)44(34)33(41-31)26(21)20-43-39-8-9-40-43/h3-5,8,16-17,19,40H,6-7,9-15,18,20H2,1-2H3,(H,45,46). The first kappa shape index (κ1) is 33.2. The van der Waals surface area contributed by atoms with E-state index in [0.717, 1.165) is 23.3 Å². The Bertz CT molecular complexity index is 1940. The highest BCUT2D eigenvalue weighted by Crippen LogP contribution is 2.42. The first-order valence-corrected chi connectivity index (χ1v) is 16.7. The lowest BCUT2D eigenvalue weighted by molar-refractivity contribution is -0.136. The Balaban J connectivity index is 1.45. The summed E-state index contributed by atoms with van der Waals surface area (Å²) < 4.78 is 48.9. The fraction of sp³-hybridized carbons (Fsp3) is 0.400. The lowest BCUT2D eigenvalue weighted by Crippen LogP contribution is -2.45. The van der Waals surface area contributed by atoms with Gasteiger partial charge in [-0.15, -0.1) is 0 Å². The smallest absolute Gasteiger partial charge is 0.307 e. The number of nitrogens with one attached hydrogen (secondary N) is 1. The normalized spacial score (nSPS) is 17.8. The molecule has 6 heterocycles. The van der Waals surface area contributed by atoms with Crippen molar-refractivity contribution in [2.75, 3.05) is 51.0 Å². The highest BCUT2D eigenvalue weighted by Gasteiger charge is 2.35. The summed E-state index contributed by atoms with van der Waals surface area (Å²) in [7, 11) is 0. The third-order valence-corrected chi connectivity index (χ3v) is 9.80. The number of carboxylic acids is 1. The molecule has 0 atom stereocenters. The molecule has 1 saturated heterocycles. The number of benzene rings is 2. The van der Waals surface area contributed by atoms with Crippen molar-refractivity contribution in [2.24, 2.45) is 5.10 Å². The predicted octanol–water partition coefficient (Wildman–Crippen LogP) is 5.63. The highest BCUT2D eigenvalue weighted by molar-refractivity contribution is 6.32. The van der Waals surface area contributed by atoms with E-state index in [4.69, 9.17) is 30.8 Å². The van der Waals surface area contributed by atoms with Gasteiger partial charge in [-0.05, 0) is 49.9 Å². The molecule has 2 N–H and O–H groups in total. The van der Waals surface area contributed by atoms with Crippen LogP contribution < -0.4 is 15.1 Å². The molecule has 1 fully saturated rings. The van der Waals surface area contributed by atoms with Gasteiger partial charge in [0.25, 0.3) is 0 Å². The molecule has 4 aromatic rings. The lowest BCUT2D eigenvalue weighted by atomic mass is 9.92. The fourth-order valence-corrected chi connectivity index (χ4v) is 7.10. The minimum Gasteiger partial charge on any atom is -0.490 e. The maximum absolute atomic E-state index is 14.6. The molecule has 14 heteroatoms. The van der Waals surface area contributed by atoms with Crippen LogP contribution in [0.15, 0.2) is 41.5 Å². The number of nitrogens with zero attached hydrogens (tertiary/aromatic N) is 5. The molecule has 0 unspecified atom stereocenters. The van der Waals surface area contributed by atoms with Crippen molar-refractivity contribution < 1.29 is 32.9 Å². The monoisotopic (exact) mass is 694 g/mol. The van der Waals surface area contributed by atoms with Gasteiger partial charge >= 0.3 is 5.97 Å². The van der Waals surface area contributed by atoms with Crippen molar-refractivity contribution >= 4 is 35.2 Å². The minimum atomic E-state index is -1.02. The van der Waals surface area contributed by atoms with Crippen LogP contribution in [0.3, 0.4) is 0 Å². The van der Waals surface area contributed by atoms with Gasteiger partial charge in [0.05, 0.1) is 44.9 Å². The zero-order valence-corrected chi connectivity index (χ0v) is 28.0. The quantitative estimate of drug-likeness (QED) is 0.263. The molecule has 0 amide bonds. The molecule has 258 valence electrons. The summed E-state index contributed by atoms with van der Waals surface area (Å²) in [6.07, 6.45) is 2.92. The SMILES string of the molecule is Cc1c(CC(=O)O)c2n3c(Cl)c(nc3c1CN1N=CCN1)-c1cccc(c1)-c1cc(F)c(F)cc1OCCOCCOC1(C)CCN2CC1. The van der Waals surface area contributed by atoms with E-state index in [9.17, 15) is 18.7 Å². The fourth-order valence-electron chi connectivity index (χ4n) is 6.79. The number of halogens is 3. The number of imidazole rings is 1. The molecule has 6 bridgehead atoms. The largest absolute Gasteiger partial charge is 0.490 e. The van der Waals surface area contributed by atoms with Crippen molar-refractivity contribution in [3.8, 4) is 28.1 Å². The second-order valence-electron chi connectivity index (χ2n) is 12.7. The van der Waals surface area contributed by atoms with Gasteiger partial charge in [0.1, 0.15) is 34.7 Å². The Morgan fingerprint density at radius 2 is 1.82 bits per heavy atom. The van der Waals surface area contributed by atoms with E-state index < -0.39 is 23.2 Å². The molecule has 4 aliphatic rings. The van der Waals surface area contributed by atoms with Crippen LogP contribution in [-0.2, 0) is 27.2 Å². The number of piperidine rings is 1. The van der Waals surface area contributed by atoms with Crippen LogP contribution in [0.25, 0.3) is 28.0 Å². The van der Waals surface area contributed by atoms with Gasteiger partial charge in [0.15, 0.2) is 11.6 Å². The van der Waals surface area contributed by atoms with Gasteiger partial charge in [0.2, 0.25) is 0 Å². The Morgan fingerprint density at radius 1 is 1.06 bits per heavy atom. The molecule has 0 radical (unpaired) electrons. The molecule has 4 aliphatic heterocycles. The van der Waals surface area contributed by atoms with E-state index in [1.807, 2.05) is 23.5 Å². The molecule has 0 aliphatic carbocycles. The summed E-state index contributed by atoms with van der Waals surface area (Å²) in [5.41, 5.74) is 7.56. The number of hydrazone groups is 1. The average Bonchev–Trinajstić information content (AvgIpc) is 3.72. The van der Waals surface area contributed by atoms with E-state index in [-0.39, 0.29) is 25.4 Å². The van der Waals surface area contributed by atoms with E-state index in [1.54, 1.807) is 23.5 Å². The molecule has 2 aromatic carbocycles. The number of hydrogen-bond donors (Lipinski definition) is 2. The summed E-state index contributed by atoms with van der Waals surface area (Å²) in [5, 5.41) is 16.5. The summed E-state index contributed by atoms with van der Waals surface area (Å²) in [6.45, 7) is 7.14. The number of aromatic nitrogens is 2. The van der Waals surface area contributed by atoms with Crippen molar-refractivity contribution in [1.82, 2.24) is 19.9 Å². The van der Waals surface area contributed by atoms with Crippen molar-refractivity contribution in [2.45, 2.75) is 45.3 Å². The molecule has 49 heavy (non-hydrogen) atoms. The maximum Gasteiger partial charge on any atom is 0.307 e. The van der Waals surface area contributed by atoms with Crippen molar-refractivity contribution in [3.63, 3.8) is 0 Å². The summed E-state index contributed by atoms with van der Waals surface area (Å²) in [6, 6.07) is 9.38. The van der Waals surface area contributed by atoms with E-state index in [2.05, 4.69) is 22.4 Å². The number of hydrazine groups is 1. The second kappa shape index (κ2) is 13.5. The number of aliphatic carboxylic acids is 1. The van der Waals surface area contributed by atoms with Crippen molar-refractivity contribution in [1.29, 1.82) is 0 Å². The van der Waals surface area contributed by atoms with Crippen LogP contribution in [0.1, 0.15) is 36.5 Å². The molecule has 0 spiro atoms. The molecule has 2 aromatic heterocycles. The van der Waals surface area contributed by atoms with Gasteiger partial charge in [-0.3, -0.25) is 9.20 Å². The zero-order valence-electron chi connectivity index (χ0n) is 27.3. The van der Waals surface area contributed by atoms with Crippen molar-refractivity contribution in [3.05, 3.63) is 69.9 Å². The van der Waals surface area contributed by atoms with E-state index >= 15 is 0 Å². The Labute approximate surface area is 287 Å². The Morgan fingerprint density at radius 3 is 2.57 bits per heavy atom. The highest BCUT2D eigenvalue weighted by atomic mass is 35.5. The maximum atomic E-state index is 14.6. The van der Waals surface area contributed by atoms with E-state index in [0.29, 0.717) is 96.8 Å². The van der Waals surface area contributed by atoms with Gasteiger partial charge in [-0.25, -0.2) is 24.3 Å².